The molecule has 1 N–H and O–H groups in total. The van der Waals surface area contributed by atoms with Crippen molar-refractivity contribution in [2.75, 3.05) is 20.2 Å². The molecule has 0 amide bonds. The van der Waals surface area contributed by atoms with Gasteiger partial charge < -0.3 is 10.1 Å². The zero-order chi connectivity index (χ0) is 14.7. The zero-order valence-corrected chi connectivity index (χ0v) is 12.6. The van der Waals surface area contributed by atoms with Crippen molar-refractivity contribution >= 4 is 0 Å². The maximum Gasteiger partial charge on any atom is 0.136 e. The van der Waals surface area contributed by atoms with E-state index < -0.39 is 0 Å². The molecule has 2 fully saturated rings. The molecule has 2 aliphatic rings. The van der Waals surface area contributed by atoms with Crippen molar-refractivity contribution in [3.05, 3.63) is 29.3 Å². The standard InChI is InChI=1S/C17H23N3O/c1-21-17-10-13(5-6-14(17)11-18)12-19-15-7-9-20-8-3-2-4-16(15)20/h5-6,10,15-16,19H,2-4,7-9,12H2,1H3. The molecule has 3 rings (SSSR count). The van der Waals surface area contributed by atoms with Gasteiger partial charge in [0.25, 0.3) is 0 Å². The smallest absolute Gasteiger partial charge is 0.136 e. The van der Waals surface area contributed by atoms with Gasteiger partial charge in [0, 0.05) is 25.2 Å². The Hall–Kier alpha value is -1.57. The first-order valence-corrected chi connectivity index (χ1v) is 7.86. The van der Waals surface area contributed by atoms with Crippen LogP contribution in [0.2, 0.25) is 0 Å². The van der Waals surface area contributed by atoms with Crippen LogP contribution in [0.1, 0.15) is 36.8 Å². The maximum absolute atomic E-state index is 9.02. The van der Waals surface area contributed by atoms with Gasteiger partial charge >= 0.3 is 0 Å². The maximum atomic E-state index is 9.02. The summed E-state index contributed by atoms with van der Waals surface area (Å²) in [7, 11) is 1.62. The largest absolute Gasteiger partial charge is 0.495 e. The number of hydrogen-bond donors (Lipinski definition) is 1. The Morgan fingerprint density at radius 1 is 1.33 bits per heavy atom. The van der Waals surface area contributed by atoms with Gasteiger partial charge in [0.1, 0.15) is 11.8 Å². The number of fused-ring (bicyclic) bond motifs is 1. The van der Waals surface area contributed by atoms with Crippen LogP contribution in [0.4, 0.5) is 0 Å². The summed E-state index contributed by atoms with van der Waals surface area (Å²) in [6.45, 7) is 3.35. The topological polar surface area (TPSA) is 48.3 Å². The molecular formula is C17H23N3O. The summed E-state index contributed by atoms with van der Waals surface area (Å²) in [6, 6.07) is 9.31. The lowest BCUT2D eigenvalue weighted by atomic mass is 9.99. The van der Waals surface area contributed by atoms with Crippen LogP contribution in [0, 0.1) is 11.3 Å². The Balaban J connectivity index is 1.61. The van der Waals surface area contributed by atoms with Gasteiger partial charge in [-0.05, 0) is 43.5 Å². The summed E-state index contributed by atoms with van der Waals surface area (Å²) in [4.78, 5) is 2.64. The molecule has 1 aromatic rings. The summed E-state index contributed by atoms with van der Waals surface area (Å²) in [5.74, 6) is 0.669. The van der Waals surface area contributed by atoms with E-state index in [1.807, 2.05) is 18.2 Å². The van der Waals surface area contributed by atoms with Crippen LogP contribution in [0.15, 0.2) is 18.2 Å². The average Bonchev–Trinajstić information content (AvgIpc) is 2.96. The minimum absolute atomic E-state index is 0.598. The van der Waals surface area contributed by atoms with E-state index in [4.69, 9.17) is 10.00 Å². The van der Waals surface area contributed by atoms with Gasteiger partial charge in [-0.25, -0.2) is 0 Å². The highest BCUT2D eigenvalue weighted by Crippen LogP contribution is 2.27. The summed E-state index contributed by atoms with van der Waals surface area (Å²) in [6.07, 6.45) is 5.30. The number of nitriles is 1. The van der Waals surface area contributed by atoms with E-state index in [1.54, 1.807) is 7.11 Å². The third-order valence-corrected chi connectivity index (χ3v) is 4.81. The molecule has 0 radical (unpaired) electrons. The molecule has 2 saturated heterocycles. The van der Waals surface area contributed by atoms with Gasteiger partial charge in [-0.1, -0.05) is 12.5 Å². The van der Waals surface area contributed by atoms with E-state index in [-0.39, 0.29) is 0 Å². The first kappa shape index (κ1) is 14.4. The Bertz CT molecular complexity index is 537. The Labute approximate surface area is 126 Å². The molecule has 2 heterocycles. The van der Waals surface area contributed by atoms with E-state index in [0.29, 0.717) is 17.4 Å². The first-order chi connectivity index (χ1) is 10.3. The molecule has 0 spiro atoms. The number of benzene rings is 1. The number of hydrogen-bond acceptors (Lipinski definition) is 4. The fourth-order valence-electron chi connectivity index (χ4n) is 3.67. The molecule has 2 unspecified atom stereocenters. The molecule has 0 aromatic heterocycles. The number of rotatable bonds is 4. The normalized spacial score (nSPS) is 25.3. The van der Waals surface area contributed by atoms with Crippen LogP contribution >= 0.6 is 0 Å². The molecule has 2 atom stereocenters. The zero-order valence-electron chi connectivity index (χ0n) is 12.6. The van der Waals surface area contributed by atoms with Gasteiger partial charge in [0.15, 0.2) is 0 Å². The summed E-state index contributed by atoms with van der Waals surface area (Å²) in [5.41, 5.74) is 1.78. The first-order valence-electron chi connectivity index (χ1n) is 7.86. The lowest BCUT2D eigenvalue weighted by Gasteiger charge is -2.32. The van der Waals surface area contributed by atoms with Gasteiger partial charge in [-0.3, -0.25) is 4.90 Å². The second kappa shape index (κ2) is 6.46. The van der Waals surface area contributed by atoms with Crippen LogP contribution in [-0.4, -0.2) is 37.2 Å². The fraction of sp³-hybridized carbons (Fsp3) is 0.588. The summed E-state index contributed by atoms with van der Waals surface area (Å²) >= 11 is 0. The van der Waals surface area contributed by atoms with Crippen LogP contribution < -0.4 is 10.1 Å². The summed E-state index contributed by atoms with van der Waals surface area (Å²) < 4.78 is 5.28. The van der Waals surface area contributed by atoms with Crippen molar-refractivity contribution in [2.24, 2.45) is 0 Å². The predicted octanol–water partition coefficient (Wildman–Crippen LogP) is 2.28. The number of methoxy groups -OCH3 is 1. The molecule has 0 aliphatic carbocycles. The van der Waals surface area contributed by atoms with Gasteiger partial charge in [0.05, 0.1) is 12.7 Å². The lowest BCUT2D eigenvalue weighted by molar-refractivity contribution is 0.180. The number of piperidine rings is 1. The van der Waals surface area contributed by atoms with E-state index >= 15 is 0 Å². The Morgan fingerprint density at radius 3 is 3.05 bits per heavy atom. The van der Waals surface area contributed by atoms with Crippen molar-refractivity contribution in [3.63, 3.8) is 0 Å². The molecule has 2 aliphatic heterocycles. The lowest BCUT2D eigenvalue weighted by Crippen LogP contribution is -2.44. The SMILES string of the molecule is COc1cc(CNC2CCN3CCCCC23)ccc1C#N. The van der Waals surface area contributed by atoms with Crippen LogP contribution in [0.3, 0.4) is 0 Å². The van der Waals surface area contributed by atoms with E-state index in [9.17, 15) is 0 Å². The summed E-state index contributed by atoms with van der Waals surface area (Å²) in [5, 5.41) is 12.7. The van der Waals surface area contributed by atoms with Crippen LogP contribution in [0.5, 0.6) is 5.75 Å². The van der Waals surface area contributed by atoms with Crippen molar-refractivity contribution in [1.82, 2.24) is 10.2 Å². The minimum atomic E-state index is 0.598. The van der Waals surface area contributed by atoms with Crippen LogP contribution in [0.25, 0.3) is 0 Å². The van der Waals surface area contributed by atoms with E-state index in [0.717, 1.165) is 12.6 Å². The molecule has 4 nitrogen and oxygen atoms in total. The predicted molar refractivity (Wildman–Crippen MR) is 82.2 cm³/mol. The average molecular weight is 285 g/mol. The second-order valence-electron chi connectivity index (χ2n) is 6.02. The molecule has 4 heteroatoms. The van der Waals surface area contributed by atoms with Crippen LogP contribution in [-0.2, 0) is 6.54 Å². The highest BCUT2D eigenvalue weighted by molar-refractivity contribution is 5.45. The minimum Gasteiger partial charge on any atom is -0.495 e. The molecule has 1 aromatic carbocycles. The van der Waals surface area contributed by atoms with Crippen molar-refractivity contribution in [2.45, 2.75) is 44.3 Å². The highest BCUT2D eigenvalue weighted by atomic mass is 16.5. The number of ether oxygens (including phenoxy) is 1. The van der Waals surface area contributed by atoms with Gasteiger partial charge in [-0.2, -0.15) is 5.26 Å². The number of nitrogens with one attached hydrogen (secondary N) is 1. The quantitative estimate of drug-likeness (QED) is 0.922. The fourth-order valence-corrected chi connectivity index (χ4v) is 3.67. The van der Waals surface area contributed by atoms with Crippen molar-refractivity contribution < 1.29 is 4.74 Å². The molecule has 0 saturated carbocycles. The van der Waals surface area contributed by atoms with Gasteiger partial charge in [0.2, 0.25) is 0 Å². The second-order valence-corrected chi connectivity index (χ2v) is 6.02. The van der Waals surface area contributed by atoms with E-state index in [1.165, 1.54) is 44.3 Å². The Morgan fingerprint density at radius 2 is 2.24 bits per heavy atom. The third kappa shape index (κ3) is 3.04. The molecule has 21 heavy (non-hydrogen) atoms. The van der Waals surface area contributed by atoms with Gasteiger partial charge in [-0.15, -0.1) is 0 Å². The molecule has 112 valence electrons. The highest BCUT2D eigenvalue weighted by Gasteiger charge is 2.34. The molecule has 0 bridgehead atoms. The monoisotopic (exact) mass is 285 g/mol. The number of nitrogens with zero attached hydrogens (tertiary/aromatic N) is 2. The van der Waals surface area contributed by atoms with Crippen molar-refractivity contribution in [1.29, 1.82) is 5.26 Å². The van der Waals surface area contributed by atoms with Crippen molar-refractivity contribution in [3.8, 4) is 11.8 Å². The molecular weight excluding hydrogens is 262 g/mol. The van der Waals surface area contributed by atoms with E-state index in [2.05, 4.69) is 16.3 Å². The Kier molecular flexibility index (Phi) is 4.42. The third-order valence-electron chi connectivity index (χ3n) is 4.81.